The number of carbonyl (C=O) groups excluding carboxylic acids is 2. The minimum atomic E-state index is -0.772. The maximum Gasteiger partial charge on any atom is 0.338 e. The van der Waals surface area contributed by atoms with Crippen LogP contribution in [0.1, 0.15) is 48.1 Å². The Kier molecular flexibility index (Phi) is 7.00. The number of hydrogen-bond donors (Lipinski definition) is 1. The highest BCUT2D eigenvalue weighted by Crippen LogP contribution is 2.31. The minimum absolute atomic E-state index is 0.0476. The number of piperidine rings is 1. The second-order valence-electron chi connectivity index (χ2n) is 7.28. The molecule has 0 bridgehead atoms. The van der Waals surface area contributed by atoms with E-state index >= 15 is 0 Å². The Balaban J connectivity index is 1.61. The zero-order chi connectivity index (χ0) is 21.5. The predicted molar refractivity (Wildman–Crippen MR) is 112 cm³/mol. The number of hydrogen-bond acceptors (Lipinski definition) is 6. The van der Waals surface area contributed by atoms with Gasteiger partial charge in [-0.25, -0.2) is 4.79 Å². The smallest absolute Gasteiger partial charge is 0.338 e. The molecule has 158 valence electrons. The highest BCUT2D eigenvalue weighted by Gasteiger charge is 2.24. The summed E-state index contributed by atoms with van der Waals surface area (Å²) >= 11 is 0. The number of rotatable bonds is 7. The van der Waals surface area contributed by atoms with E-state index in [0.717, 1.165) is 37.9 Å². The average molecular weight is 411 g/mol. The first-order chi connectivity index (χ1) is 14.5. The van der Waals surface area contributed by atoms with Crippen molar-refractivity contribution in [1.29, 1.82) is 0 Å². The van der Waals surface area contributed by atoms with Gasteiger partial charge in [0.25, 0.3) is 11.6 Å². The van der Waals surface area contributed by atoms with Gasteiger partial charge in [-0.3, -0.25) is 14.9 Å². The molecule has 0 spiro atoms. The third-order valence-electron chi connectivity index (χ3n) is 5.12. The number of nitro benzene ring substituents is 1. The maximum absolute atomic E-state index is 12.3. The number of nitrogens with one attached hydrogen (secondary N) is 1. The summed E-state index contributed by atoms with van der Waals surface area (Å²) in [5.41, 5.74) is 1.35. The van der Waals surface area contributed by atoms with Gasteiger partial charge >= 0.3 is 5.97 Å². The van der Waals surface area contributed by atoms with Gasteiger partial charge in [0.05, 0.1) is 16.5 Å². The van der Waals surface area contributed by atoms with Gasteiger partial charge in [0, 0.05) is 19.2 Å². The monoisotopic (exact) mass is 411 g/mol. The molecule has 1 aliphatic rings. The first-order valence-corrected chi connectivity index (χ1v) is 10.0. The van der Waals surface area contributed by atoms with Crippen LogP contribution < -0.4 is 10.2 Å². The minimum Gasteiger partial charge on any atom is -0.452 e. The van der Waals surface area contributed by atoms with Gasteiger partial charge < -0.3 is 15.0 Å². The lowest BCUT2D eigenvalue weighted by atomic mass is 10.1. The summed E-state index contributed by atoms with van der Waals surface area (Å²) in [5.74, 6) is -1.22. The summed E-state index contributed by atoms with van der Waals surface area (Å²) in [4.78, 5) is 37.4. The zero-order valence-electron chi connectivity index (χ0n) is 16.9. The molecule has 1 fully saturated rings. The quantitative estimate of drug-likeness (QED) is 0.424. The van der Waals surface area contributed by atoms with Crippen LogP contribution in [0.4, 0.5) is 11.4 Å². The molecule has 0 saturated carbocycles. The molecular weight excluding hydrogens is 386 g/mol. The van der Waals surface area contributed by atoms with E-state index in [1.807, 2.05) is 42.2 Å². The normalized spacial score (nSPS) is 14.6. The Bertz CT molecular complexity index is 910. The Morgan fingerprint density at radius 2 is 1.83 bits per heavy atom. The van der Waals surface area contributed by atoms with Crippen LogP contribution in [0.2, 0.25) is 0 Å². The second kappa shape index (κ2) is 9.87. The van der Waals surface area contributed by atoms with Gasteiger partial charge in [0.2, 0.25) is 0 Å². The van der Waals surface area contributed by atoms with Crippen molar-refractivity contribution in [3.8, 4) is 0 Å². The van der Waals surface area contributed by atoms with Crippen molar-refractivity contribution in [1.82, 2.24) is 5.32 Å². The zero-order valence-corrected chi connectivity index (χ0v) is 16.9. The van der Waals surface area contributed by atoms with E-state index in [-0.39, 0.29) is 17.3 Å². The third-order valence-corrected chi connectivity index (χ3v) is 5.12. The van der Waals surface area contributed by atoms with Crippen LogP contribution in [0, 0.1) is 10.1 Å². The topological polar surface area (TPSA) is 102 Å². The lowest BCUT2D eigenvalue weighted by Crippen LogP contribution is -2.31. The fraction of sp³-hybridized carbons (Fsp3) is 0.364. The molecular formula is C22H25N3O5. The molecule has 0 aromatic heterocycles. The van der Waals surface area contributed by atoms with Crippen molar-refractivity contribution in [2.24, 2.45) is 0 Å². The molecule has 8 nitrogen and oxygen atoms in total. The van der Waals surface area contributed by atoms with Gasteiger partial charge in [-0.05, 0) is 43.9 Å². The average Bonchev–Trinajstić information content (AvgIpc) is 2.78. The Labute approximate surface area is 175 Å². The first-order valence-electron chi connectivity index (χ1n) is 10.0. The standard InChI is InChI=1S/C22H25N3O5/c1-16(17-8-4-2-5-9-17)23-21(26)15-30-22(27)18-10-11-19(20(14-18)25(28)29)24-12-6-3-7-13-24/h2,4-5,8-11,14,16H,3,6-7,12-13,15H2,1H3,(H,23,26). The van der Waals surface area contributed by atoms with Crippen LogP contribution in [0.25, 0.3) is 0 Å². The van der Waals surface area contributed by atoms with Crippen molar-refractivity contribution in [2.75, 3.05) is 24.6 Å². The number of ether oxygens (including phenoxy) is 1. The van der Waals surface area contributed by atoms with Crippen molar-refractivity contribution < 1.29 is 19.2 Å². The molecule has 0 aliphatic carbocycles. The molecule has 30 heavy (non-hydrogen) atoms. The van der Waals surface area contributed by atoms with Crippen LogP contribution in [0.15, 0.2) is 48.5 Å². The molecule has 3 rings (SSSR count). The van der Waals surface area contributed by atoms with E-state index in [1.165, 1.54) is 12.1 Å². The number of nitrogens with zero attached hydrogens (tertiary/aromatic N) is 2. The van der Waals surface area contributed by atoms with Gasteiger partial charge in [0.15, 0.2) is 6.61 Å². The van der Waals surface area contributed by atoms with Crippen LogP contribution in [0.3, 0.4) is 0 Å². The third kappa shape index (κ3) is 5.34. The summed E-state index contributed by atoms with van der Waals surface area (Å²) in [6.07, 6.45) is 3.08. The van der Waals surface area contributed by atoms with Crippen molar-refractivity contribution in [2.45, 2.75) is 32.2 Å². The molecule has 2 aromatic rings. The predicted octanol–water partition coefficient (Wildman–Crippen LogP) is 3.62. The van der Waals surface area contributed by atoms with E-state index < -0.39 is 23.4 Å². The van der Waals surface area contributed by atoms with Gasteiger partial charge in [-0.1, -0.05) is 30.3 Å². The SMILES string of the molecule is CC(NC(=O)COC(=O)c1ccc(N2CCCCC2)c([N+](=O)[O-])c1)c1ccccc1. The van der Waals surface area contributed by atoms with E-state index in [9.17, 15) is 19.7 Å². The second-order valence-corrected chi connectivity index (χ2v) is 7.28. The molecule has 1 amide bonds. The Morgan fingerprint density at radius 3 is 2.50 bits per heavy atom. The molecule has 1 heterocycles. The molecule has 8 heteroatoms. The number of amides is 1. The fourth-order valence-corrected chi connectivity index (χ4v) is 3.52. The number of anilines is 1. The molecule has 0 radical (unpaired) electrons. The van der Waals surface area contributed by atoms with Crippen LogP contribution in [0.5, 0.6) is 0 Å². The number of benzene rings is 2. The number of carbonyl (C=O) groups is 2. The fourth-order valence-electron chi connectivity index (χ4n) is 3.52. The largest absolute Gasteiger partial charge is 0.452 e. The van der Waals surface area contributed by atoms with Gasteiger partial charge in [0.1, 0.15) is 5.69 Å². The number of esters is 1. The summed E-state index contributed by atoms with van der Waals surface area (Å²) in [7, 11) is 0. The summed E-state index contributed by atoms with van der Waals surface area (Å²) in [6, 6.07) is 13.5. The Hall–Kier alpha value is -3.42. The van der Waals surface area contributed by atoms with Gasteiger partial charge in [-0.2, -0.15) is 0 Å². The van der Waals surface area contributed by atoms with Crippen molar-refractivity contribution >= 4 is 23.3 Å². The molecule has 1 saturated heterocycles. The molecule has 1 N–H and O–H groups in total. The first kappa shape index (κ1) is 21.3. The van der Waals surface area contributed by atoms with Crippen LogP contribution in [-0.4, -0.2) is 36.5 Å². The summed E-state index contributed by atoms with van der Waals surface area (Å²) < 4.78 is 5.06. The molecule has 1 unspecified atom stereocenters. The number of nitro groups is 1. The highest BCUT2D eigenvalue weighted by molar-refractivity contribution is 5.93. The van der Waals surface area contributed by atoms with Crippen molar-refractivity contribution in [3.05, 3.63) is 69.8 Å². The lowest BCUT2D eigenvalue weighted by molar-refractivity contribution is -0.384. The van der Waals surface area contributed by atoms with E-state index in [4.69, 9.17) is 4.74 Å². The summed E-state index contributed by atoms with van der Waals surface area (Å²) in [6.45, 7) is 2.88. The van der Waals surface area contributed by atoms with E-state index in [2.05, 4.69) is 5.32 Å². The van der Waals surface area contributed by atoms with E-state index in [0.29, 0.717) is 5.69 Å². The summed E-state index contributed by atoms with van der Waals surface area (Å²) in [5, 5.41) is 14.3. The Morgan fingerprint density at radius 1 is 1.13 bits per heavy atom. The molecule has 1 aliphatic heterocycles. The molecule has 1 atom stereocenters. The molecule has 2 aromatic carbocycles. The lowest BCUT2D eigenvalue weighted by Gasteiger charge is -2.28. The van der Waals surface area contributed by atoms with Crippen LogP contribution in [-0.2, 0) is 9.53 Å². The van der Waals surface area contributed by atoms with Gasteiger partial charge in [-0.15, -0.1) is 0 Å². The maximum atomic E-state index is 12.3. The highest BCUT2D eigenvalue weighted by atomic mass is 16.6. The van der Waals surface area contributed by atoms with E-state index in [1.54, 1.807) is 6.07 Å². The van der Waals surface area contributed by atoms with Crippen LogP contribution >= 0.6 is 0 Å². The van der Waals surface area contributed by atoms with Crippen molar-refractivity contribution in [3.63, 3.8) is 0 Å².